The van der Waals surface area contributed by atoms with Gasteiger partial charge in [-0.15, -0.1) is 12.4 Å². The van der Waals surface area contributed by atoms with E-state index in [0.29, 0.717) is 29.3 Å². The van der Waals surface area contributed by atoms with Gasteiger partial charge in [0.1, 0.15) is 11.8 Å². The van der Waals surface area contributed by atoms with Gasteiger partial charge in [0.15, 0.2) is 0 Å². The Labute approximate surface area is 165 Å². The van der Waals surface area contributed by atoms with Gasteiger partial charge in [-0.3, -0.25) is 9.59 Å². The number of methoxy groups -OCH3 is 1. The number of likely N-dealkylation sites (tertiary alicyclic amines) is 1. The predicted molar refractivity (Wildman–Crippen MR) is 103 cm³/mol. The van der Waals surface area contributed by atoms with Crippen molar-refractivity contribution < 1.29 is 14.3 Å². The standard InChI is InChI=1S/C18H24ClN3O3.ClH/c1-25-16-7-6-12(19)10-14(16)18(24)22-9-3-5-15(22)17(23)21-13-4-2-8-20-11-13;/h6-7,10,13,15,20H,2-5,8-9,11H2,1H3,(H,21,23);1H. The molecule has 2 unspecified atom stereocenters. The number of hydrogen-bond acceptors (Lipinski definition) is 4. The number of amides is 2. The molecule has 2 amide bonds. The molecule has 2 fully saturated rings. The fourth-order valence-electron chi connectivity index (χ4n) is 3.56. The van der Waals surface area contributed by atoms with Gasteiger partial charge in [0.05, 0.1) is 12.7 Å². The second-order valence-corrected chi connectivity index (χ2v) is 6.99. The lowest BCUT2D eigenvalue weighted by Gasteiger charge is -2.29. The Bertz CT molecular complexity index is 651. The zero-order chi connectivity index (χ0) is 17.8. The number of ether oxygens (including phenoxy) is 1. The molecular formula is C18H25Cl2N3O3. The number of carbonyl (C=O) groups is 2. The molecule has 0 radical (unpaired) electrons. The van der Waals surface area contributed by atoms with E-state index in [4.69, 9.17) is 16.3 Å². The molecule has 2 aliphatic rings. The maximum absolute atomic E-state index is 13.0. The zero-order valence-corrected chi connectivity index (χ0v) is 16.4. The molecule has 2 saturated heterocycles. The minimum atomic E-state index is -0.432. The molecule has 1 aromatic carbocycles. The van der Waals surface area contributed by atoms with E-state index in [0.717, 1.165) is 32.4 Å². The SMILES string of the molecule is COc1ccc(Cl)cc1C(=O)N1CCCC1C(=O)NC1CCCNC1.Cl. The van der Waals surface area contributed by atoms with Crippen molar-refractivity contribution in [1.29, 1.82) is 0 Å². The lowest BCUT2D eigenvalue weighted by Crippen LogP contribution is -2.52. The van der Waals surface area contributed by atoms with Crippen LogP contribution in [0.3, 0.4) is 0 Å². The number of nitrogens with one attached hydrogen (secondary N) is 2. The molecule has 2 aliphatic heterocycles. The van der Waals surface area contributed by atoms with Gasteiger partial charge in [-0.05, 0) is 50.4 Å². The summed E-state index contributed by atoms with van der Waals surface area (Å²) < 4.78 is 5.28. The zero-order valence-electron chi connectivity index (χ0n) is 14.8. The highest BCUT2D eigenvalue weighted by molar-refractivity contribution is 6.31. The van der Waals surface area contributed by atoms with E-state index in [1.165, 1.54) is 7.11 Å². The van der Waals surface area contributed by atoms with Crippen LogP contribution < -0.4 is 15.4 Å². The second kappa shape index (κ2) is 9.44. The van der Waals surface area contributed by atoms with Crippen molar-refractivity contribution in [3.63, 3.8) is 0 Å². The predicted octanol–water partition coefficient (Wildman–Crippen LogP) is 2.24. The van der Waals surface area contributed by atoms with Crippen molar-refractivity contribution in [3.8, 4) is 5.75 Å². The van der Waals surface area contributed by atoms with Gasteiger partial charge in [0.25, 0.3) is 5.91 Å². The topological polar surface area (TPSA) is 70.7 Å². The minimum absolute atomic E-state index is 0. The van der Waals surface area contributed by atoms with Gasteiger partial charge < -0.3 is 20.3 Å². The van der Waals surface area contributed by atoms with Crippen LogP contribution in [0.2, 0.25) is 5.02 Å². The molecule has 144 valence electrons. The van der Waals surface area contributed by atoms with Crippen LogP contribution in [-0.4, -0.2) is 55.5 Å². The van der Waals surface area contributed by atoms with Crippen LogP contribution in [0.1, 0.15) is 36.0 Å². The number of halogens is 2. The summed E-state index contributed by atoms with van der Waals surface area (Å²) in [5.41, 5.74) is 0.397. The molecule has 0 aliphatic carbocycles. The van der Waals surface area contributed by atoms with Gasteiger partial charge in [-0.1, -0.05) is 11.6 Å². The number of rotatable bonds is 4. The Kier molecular flexibility index (Phi) is 7.55. The van der Waals surface area contributed by atoms with Gasteiger partial charge in [-0.25, -0.2) is 0 Å². The van der Waals surface area contributed by atoms with Crippen LogP contribution in [0.15, 0.2) is 18.2 Å². The van der Waals surface area contributed by atoms with Crippen molar-refractivity contribution >= 4 is 35.8 Å². The summed E-state index contributed by atoms with van der Waals surface area (Å²) in [5.74, 6) is 0.191. The summed E-state index contributed by atoms with van der Waals surface area (Å²) in [7, 11) is 1.52. The smallest absolute Gasteiger partial charge is 0.258 e. The Morgan fingerprint density at radius 1 is 1.31 bits per heavy atom. The van der Waals surface area contributed by atoms with Crippen LogP contribution in [0, 0.1) is 0 Å². The van der Waals surface area contributed by atoms with Gasteiger partial charge >= 0.3 is 0 Å². The molecule has 8 heteroatoms. The molecule has 2 N–H and O–H groups in total. The molecule has 2 atom stereocenters. The maximum Gasteiger partial charge on any atom is 0.258 e. The molecule has 0 spiro atoms. The first-order valence-electron chi connectivity index (χ1n) is 8.75. The third kappa shape index (κ3) is 4.61. The molecule has 6 nitrogen and oxygen atoms in total. The number of piperidine rings is 1. The van der Waals surface area contributed by atoms with Crippen molar-refractivity contribution in [1.82, 2.24) is 15.5 Å². The lowest BCUT2D eigenvalue weighted by molar-refractivity contribution is -0.125. The highest BCUT2D eigenvalue weighted by Gasteiger charge is 2.36. The quantitative estimate of drug-likeness (QED) is 0.811. The summed E-state index contributed by atoms with van der Waals surface area (Å²) in [6.07, 6.45) is 3.52. The second-order valence-electron chi connectivity index (χ2n) is 6.55. The summed E-state index contributed by atoms with van der Waals surface area (Å²) in [4.78, 5) is 27.3. The summed E-state index contributed by atoms with van der Waals surface area (Å²) in [5, 5.41) is 6.84. The summed E-state index contributed by atoms with van der Waals surface area (Å²) in [6, 6.07) is 4.66. The largest absolute Gasteiger partial charge is 0.496 e. The van der Waals surface area contributed by atoms with Crippen LogP contribution in [0.25, 0.3) is 0 Å². The highest BCUT2D eigenvalue weighted by atomic mass is 35.5. The van der Waals surface area contributed by atoms with E-state index in [-0.39, 0.29) is 30.3 Å². The molecule has 0 saturated carbocycles. The molecule has 26 heavy (non-hydrogen) atoms. The van der Waals surface area contributed by atoms with Gasteiger partial charge in [-0.2, -0.15) is 0 Å². The normalized spacial score (nSPS) is 22.5. The van der Waals surface area contributed by atoms with Crippen molar-refractivity contribution in [2.75, 3.05) is 26.7 Å². The monoisotopic (exact) mass is 401 g/mol. The average molecular weight is 402 g/mol. The number of benzene rings is 1. The molecule has 0 aromatic heterocycles. The molecule has 3 rings (SSSR count). The maximum atomic E-state index is 13.0. The third-order valence-electron chi connectivity index (χ3n) is 4.85. The fourth-order valence-corrected chi connectivity index (χ4v) is 3.73. The Morgan fingerprint density at radius 2 is 2.12 bits per heavy atom. The van der Waals surface area contributed by atoms with E-state index in [2.05, 4.69) is 10.6 Å². The minimum Gasteiger partial charge on any atom is -0.496 e. The van der Waals surface area contributed by atoms with Gasteiger partial charge in [0, 0.05) is 24.2 Å². The fraction of sp³-hybridized carbons (Fsp3) is 0.556. The van der Waals surface area contributed by atoms with E-state index in [1.807, 2.05) is 0 Å². The Morgan fingerprint density at radius 3 is 2.81 bits per heavy atom. The number of nitrogens with zero attached hydrogens (tertiary/aromatic N) is 1. The van der Waals surface area contributed by atoms with Gasteiger partial charge in [0.2, 0.25) is 5.91 Å². The Balaban J connectivity index is 0.00000243. The van der Waals surface area contributed by atoms with E-state index in [1.54, 1.807) is 23.1 Å². The summed E-state index contributed by atoms with van der Waals surface area (Å²) >= 11 is 6.04. The molecule has 1 aromatic rings. The van der Waals surface area contributed by atoms with E-state index < -0.39 is 6.04 Å². The van der Waals surface area contributed by atoms with E-state index in [9.17, 15) is 9.59 Å². The van der Waals surface area contributed by atoms with Crippen molar-refractivity contribution in [2.24, 2.45) is 0 Å². The van der Waals surface area contributed by atoms with Crippen LogP contribution in [0.5, 0.6) is 5.75 Å². The first kappa shape index (κ1) is 20.8. The third-order valence-corrected chi connectivity index (χ3v) is 5.09. The van der Waals surface area contributed by atoms with Crippen LogP contribution in [0.4, 0.5) is 0 Å². The first-order chi connectivity index (χ1) is 12.1. The van der Waals surface area contributed by atoms with Crippen molar-refractivity contribution in [2.45, 2.75) is 37.8 Å². The molecule has 2 heterocycles. The average Bonchev–Trinajstić information content (AvgIpc) is 3.12. The highest BCUT2D eigenvalue weighted by Crippen LogP contribution is 2.27. The van der Waals surface area contributed by atoms with Crippen LogP contribution in [-0.2, 0) is 4.79 Å². The molecule has 0 bridgehead atoms. The number of carbonyl (C=O) groups excluding carboxylic acids is 2. The summed E-state index contributed by atoms with van der Waals surface area (Å²) in [6.45, 7) is 2.35. The first-order valence-corrected chi connectivity index (χ1v) is 9.13. The molecular weight excluding hydrogens is 377 g/mol. The Hall–Kier alpha value is -1.50. The van der Waals surface area contributed by atoms with E-state index >= 15 is 0 Å². The van der Waals surface area contributed by atoms with Crippen LogP contribution >= 0.6 is 24.0 Å². The lowest BCUT2D eigenvalue weighted by atomic mass is 10.1. The van der Waals surface area contributed by atoms with Crippen molar-refractivity contribution in [3.05, 3.63) is 28.8 Å². The number of hydrogen-bond donors (Lipinski definition) is 2.